The van der Waals surface area contributed by atoms with Gasteiger partial charge < -0.3 is 15.0 Å². The van der Waals surface area contributed by atoms with Gasteiger partial charge in [0, 0.05) is 34.8 Å². The van der Waals surface area contributed by atoms with Crippen molar-refractivity contribution in [3.05, 3.63) is 60.4 Å². The molecule has 3 aliphatic rings. The number of carbonyl (C=O) groups is 1. The summed E-state index contributed by atoms with van der Waals surface area (Å²) in [5, 5.41) is 4.09. The highest BCUT2D eigenvalue weighted by Crippen LogP contribution is 2.46. The molecule has 7 nitrogen and oxygen atoms in total. The molecule has 3 heterocycles. The SMILES string of the molecule is COC(=O)C1C2CCC(CC2)C1Nc1cc(-c2ccc(F)cc2)nc(-c2c[nH]c3ncc(F)cc23)n1. The molecule has 3 aromatic heterocycles. The van der Waals surface area contributed by atoms with Crippen LogP contribution in [-0.2, 0) is 9.53 Å². The van der Waals surface area contributed by atoms with E-state index in [9.17, 15) is 13.6 Å². The Kier molecular flexibility index (Phi) is 5.62. The molecule has 0 spiro atoms. The van der Waals surface area contributed by atoms with E-state index < -0.39 is 5.82 Å². The van der Waals surface area contributed by atoms with Crippen molar-refractivity contribution in [1.29, 1.82) is 0 Å². The highest BCUT2D eigenvalue weighted by molar-refractivity contribution is 5.92. The number of pyridine rings is 1. The molecular weight excluding hydrogens is 464 g/mol. The van der Waals surface area contributed by atoms with Crippen molar-refractivity contribution >= 4 is 22.8 Å². The zero-order chi connectivity index (χ0) is 24.8. The summed E-state index contributed by atoms with van der Waals surface area (Å²) in [5.74, 6) is 0.269. The number of nitrogens with one attached hydrogen (secondary N) is 2. The lowest BCUT2D eigenvalue weighted by atomic mass is 9.61. The number of methoxy groups -OCH3 is 1. The van der Waals surface area contributed by atoms with Crippen LogP contribution in [0.5, 0.6) is 0 Å². The third-order valence-corrected chi connectivity index (χ3v) is 7.61. The van der Waals surface area contributed by atoms with Gasteiger partial charge >= 0.3 is 5.97 Å². The largest absolute Gasteiger partial charge is 0.469 e. The fourth-order valence-corrected chi connectivity index (χ4v) is 5.88. The van der Waals surface area contributed by atoms with Gasteiger partial charge in [-0.25, -0.2) is 23.7 Å². The highest BCUT2D eigenvalue weighted by atomic mass is 19.1. The van der Waals surface area contributed by atoms with Crippen molar-refractivity contribution in [2.24, 2.45) is 17.8 Å². The Morgan fingerprint density at radius 3 is 2.53 bits per heavy atom. The standard InChI is InChI=1S/C27H25F2N5O2/c1-36-27(35)23-15-2-4-16(5-3-15)24(23)33-22-11-21(14-6-8-17(28)9-7-14)32-26(34-22)20-13-31-25-19(20)10-18(29)12-30-25/h6-13,15-16,23-24H,2-5H2,1H3,(H,30,31)(H,32,33,34). The first-order chi connectivity index (χ1) is 17.5. The molecule has 0 aliphatic heterocycles. The topological polar surface area (TPSA) is 92.8 Å². The minimum absolute atomic E-state index is 0.115. The molecule has 1 aromatic carbocycles. The number of halogens is 2. The number of H-pyrrole nitrogens is 1. The van der Waals surface area contributed by atoms with Crippen LogP contribution in [0.2, 0.25) is 0 Å². The van der Waals surface area contributed by atoms with Crippen LogP contribution in [0.15, 0.2) is 48.8 Å². The predicted octanol–water partition coefficient (Wildman–Crippen LogP) is 5.35. The molecule has 0 saturated heterocycles. The summed E-state index contributed by atoms with van der Waals surface area (Å²) in [7, 11) is 1.43. The highest BCUT2D eigenvalue weighted by Gasteiger charge is 2.48. The summed E-state index contributed by atoms with van der Waals surface area (Å²) in [4.78, 5) is 29.4. The molecule has 4 aromatic rings. The van der Waals surface area contributed by atoms with Gasteiger partial charge in [-0.1, -0.05) is 0 Å². The number of fused-ring (bicyclic) bond motifs is 4. The Labute approximate surface area is 206 Å². The summed E-state index contributed by atoms with van der Waals surface area (Å²) in [6.07, 6.45) is 6.98. The zero-order valence-corrected chi connectivity index (χ0v) is 19.7. The van der Waals surface area contributed by atoms with E-state index in [0.29, 0.717) is 45.4 Å². The van der Waals surface area contributed by atoms with Gasteiger partial charge in [0.05, 0.1) is 24.9 Å². The quantitative estimate of drug-likeness (QED) is 0.367. The maximum Gasteiger partial charge on any atom is 0.311 e. The molecule has 2 atom stereocenters. The number of esters is 1. The van der Waals surface area contributed by atoms with Gasteiger partial charge in [-0.3, -0.25) is 4.79 Å². The number of ether oxygens (including phenoxy) is 1. The first kappa shape index (κ1) is 22.6. The fraction of sp³-hybridized carbons (Fsp3) is 0.333. The lowest BCUT2D eigenvalue weighted by Crippen LogP contribution is -2.51. The predicted molar refractivity (Wildman–Crippen MR) is 131 cm³/mol. The number of hydrogen-bond acceptors (Lipinski definition) is 6. The average molecular weight is 490 g/mol. The molecule has 2 unspecified atom stereocenters. The van der Waals surface area contributed by atoms with Crippen LogP contribution in [0.1, 0.15) is 25.7 Å². The van der Waals surface area contributed by atoms with Gasteiger partial charge in [0.1, 0.15) is 23.1 Å². The number of carbonyl (C=O) groups excluding carboxylic acids is 1. The maximum atomic E-state index is 14.0. The van der Waals surface area contributed by atoms with Crippen LogP contribution in [-0.4, -0.2) is 39.1 Å². The second kappa shape index (κ2) is 8.96. The first-order valence-electron chi connectivity index (χ1n) is 12.1. The van der Waals surface area contributed by atoms with E-state index in [-0.39, 0.29) is 29.7 Å². The molecule has 9 heteroatoms. The van der Waals surface area contributed by atoms with Gasteiger partial charge in [0.15, 0.2) is 5.82 Å². The molecule has 184 valence electrons. The van der Waals surface area contributed by atoms with E-state index in [1.807, 2.05) is 0 Å². The Balaban J connectivity index is 1.45. The van der Waals surface area contributed by atoms with E-state index in [1.165, 1.54) is 25.3 Å². The molecular formula is C27H25F2N5O2. The third kappa shape index (κ3) is 3.98. The second-order valence-corrected chi connectivity index (χ2v) is 9.61. The minimum Gasteiger partial charge on any atom is -0.469 e. The van der Waals surface area contributed by atoms with Crippen LogP contribution >= 0.6 is 0 Å². The zero-order valence-electron chi connectivity index (χ0n) is 19.7. The Bertz CT molecular complexity index is 1430. The Morgan fingerprint density at radius 2 is 1.78 bits per heavy atom. The Morgan fingerprint density at radius 1 is 1.03 bits per heavy atom. The molecule has 0 amide bonds. The fourth-order valence-electron chi connectivity index (χ4n) is 5.88. The van der Waals surface area contributed by atoms with Crippen molar-refractivity contribution in [3.63, 3.8) is 0 Å². The lowest BCUT2D eigenvalue weighted by Gasteiger charge is -2.47. The maximum absolute atomic E-state index is 14.0. The van der Waals surface area contributed by atoms with E-state index in [1.54, 1.807) is 24.4 Å². The van der Waals surface area contributed by atoms with Crippen LogP contribution in [0.25, 0.3) is 33.7 Å². The molecule has 3 aliphatic carbocycles. The molecule has 36 heavy (non-hydrogen) atoms. The number of nitrogens with zero attached hydrogens (tertiary/aromatic N) is 3. The number of benzene rings is 1. The van der Waals surface area contributed by atoms with E-state index in [2.05, 4.69) is 15.3 Å². The van der Waals surface area contributed by atoms with Crippen LogP contribution < -0.4 is 5.32 Å². The van der Waals surface area contributed by atoms with Gasteiger partial charge in [-0.2, -0.15) is 0 Å². The van der Waals surface area contributed by atoms with Crippen molar-refractivity contribution in [2.45, 2.75) is 31.7 Å². The number of hydrogen-bond donors (Lipinski definition) is 2. The lowest BCUT2D eigenvalue weighted by molar-refractivity contribution is -0.152. The van der Waals surface area contributed by atoms with Crippen LogP contribution in [0.4, 0.5) is 14.6 Å². The second-order valence-electron chi connectivity index (χ2n) is 9.61. The molecule has 7 rings (SSSR count). The number of anilines is 1. The smallest absolute Gasteiger partial charge is 0.311 e. The number of aromatic nitrogens is 4. The Hall–Kier alpha value is -3.88. The molecule has 0 radical (unpaired) electrons. The third-order valence-electron chi connectivity index (χ3n) is 7.61. The summed E-state index contributed by atoms with van der Waals surface area (Å²) in [6, 6.07) is 9.15. The first-order valence-corrected chi connectivity index (χ1v) is 12.1. The van der Waals surface area contributed by atoms with E-state index in [0.717, 1.165) is 31.9 Å². The molecule has 2 bridgehead atoms. The molecule has 2 N–H and O–H groups in total. The van der Waals surface area contributed by atoms with Gasteiger partial charge in [-0.05, 0) is 67.9 Å². The number of aromatic amines is 1. The molecule has 3 fully saturated rings. The summed E-state index contributed by atoms with van der Waals surface area (Å²) >= 11 is 0. The average Bonchev–Trinajstić information content (AvgIpc) is 3.32. The minimum atomic E-state index is -0.462. The van der Waals surface area contributed by atoms with Crippen molar-refractivity contribution < 1.29 is 18.3 Å². The monoisotopic (exact) mass is 489 g/mol. The summed E-state index contributed by atoms with van der Waals surface area (Å²) in [6.45, 7) is 0. The molecule has 3 saturated carbocycles. The van der Waals surface area contributed by atoms with Crippen LogP contribution in [0.3, 0.4) is 0 Å². The van der Waals surface area contributed by atoms with Crippen molar-refractivity contribution in [3.8, 4) is 22.6 Å². The van der Waals surface area contributed by atoms with Gasteiger partial charge in [-0.15, -0.1) is 0 Å². The van der Waals surface area contributed by atoms with E-state index in [4.69, 9.17) is 14.7 Å². The summed E-state index contributed by atoms with van der Waals surface area (Å²) in [5.41, 5.74) is 2.41. The number of rotatable bonds is 5. The normalized spacial score (nSPS) is 23.1. The van der Waals surface area contributed by atoms with Crippen molar-refractivity contribution in [1.82, 2.24) is 19.9 Å². The van der Waals surface area contributed by atoms with Crippen molar-refractivity contribution in [2.75, 3.05) is 12.4 Å². The van der Waals surface area contributed by atoms with Crippen LogP contribution in [0, 0.1) is 29.4 Å². The van der Waals surface area contributed by atoms with Gasteiger partial charge in [0.25, 0.3) is 0 Å². The summed E-state index contributed by atoms with van der Waals surface area (Å²) < 4.78 is 32.8. The van der Waals surface area contributed by atoms with Gasteiger partial charge in [0.2, 0.25) is 0 Å². The van der Waals surface area contributed by atoms with E-state index >= 15 is 0 Å².